The Labute approximate surface area is 92.7 Å². The number of esters is 1. The Morgan fingerprint density at radius 1 is 1.53 bits per heavy atom. The number of ether oxygens (including phenoxy) is 1. The van der Waals surface area contributed by atoms with E-state index in [1.165, 1.54) is 12.7 Å². The maximum atomic E-state index is 11.3. The zero-order chi connectivity index (χ0) is 11.8. The molecule has 0 bridgehead atoms. The first kappa shape index (κ1) is 12.3. The molecule has 0 aromatic heterocycles. The van der Waals surface area contributed by atoms with Crippen LogP contribution in [0.2, 0.25) is 0 Å². The van der Waals surface area contributed by atoms with Gasteiger partial charge in [-0.25, -0.2) is 0 Å². The molecular formula is C13H22O2. The minimum atomic E-state index is -0.123. The summed E-state index contributed by atoms with van der Waals surface area (Å²) in [5, 5.41) is 0. The van der Waals surface area contributed by atoms with Gasteiger partial charge < -0.3 is 4.74 Å². The van der Waals surface area contributed by atoms with E-state index in [0.717, 1.165) is 0 Å². The Bertz CT molecular complexity index is 276. The fourth-order valence-corrected chi connectivity index (χ4v) is 3.13. The highest BCUT2D eigenvalue weighted by Gasteiger charge is 2.52. The molecule has 0 aromatic carbocycles. The second-order valence-electron chi connectivity index (χ2n) is 5.40. The first-order valence-electron chi connectivity index (χ1n) is 5.58. The third-order valence-electron chi connectivity index (χ3n) is 3.87. The number of rotatable bonds is 3. The molecule has 1 fully saturated rings. The van der Waals surface area contributed by atoms with Gasteiger partial charge in [-0.1, -0.05) is 39.8 Å². The van der Waals surface area contributed by atoms with Crippen LogP contribution in [0.25, 0.3) is 0 Å². The predicted molar refractivity (Wildman–Crippen MR) is 61.4 cm³/mol. The van der Waals surface area contributed by atoms with Gasteiger partial charge in [-0.3, -0.25) is 4.79 Å². The van der Waals surface area contributed by atoms with E-state index in [9.17, 15) is 4.79 Å². The molecule has 0 saturated heterocycles. The molecule has 1 rings (SSSR count). The van der Waals surface area contributed by atoms with Crippen molar-refractivity contribution in [1.82, 2.24) is 0 Å². The van der Waals surface area contributed by atoms with Gasteiger partial charge in [-0.2, -0.15) is 0 Å². The van der Waals surface area contributed by atoms with E-state index < -0.39 is 0 Å². The molecule has 1 aliphatic carbocycles. The summed E-state index contributed by atoms with van der Waals surface area (Å²) in [6.07, 6.45) is 0.488. The lowest BCUT2D eigenvalue weighted by molar-refractivity contribution is -0.143. The van der Waals surface area contributed by atoms with Crippen molar-refractivity contribution in [3.05, 3.63) is 12.2 Å². The second kappa shape index (κ2) is 3.99. The third kappa shape index (κ3) is 1.95. The lowest BCUT2D eigenvalue weighted by Crippen LogP contribution is -2.49. The Balaban J connectivity index is 2.74. The highest BCUT2D eigenvalue weighted by atomic mass is 16.5. The van der Waals surface area contributed by atoms with Gasteiger partial charge in [0.15, 0.2) is 0 Å². The summed E-state index contributed by atoms with van der Waals surface area (Å²) >= 11 is 0. The van der Waals surface area contributed by atoms with Crippen LogP contribution in [-0.4, -0.2) is 13.1 Å². The maximum absolute atomic E-state index is 11.3. The van der Waals surface area contributed by atoms with Gasteiger partial charge in [-0.15, -0.1) is 0 Å². The van der Waals surface area contributed by atoms with Gasteiger partial charge in [-0.05, 0) is 23.2 Å². The molecular weight excluding hydrogens is 188 g/mol. The van der Waals surface area contributed by atoms with Crippen molar-refractivity contribution in [2.24, 2.45) is 23.2 Å². The highest BCUT2D eigenvalue weighted by molar-refractivity contribution is 5.70. The standard InChI is InChI=1S/C13H22O2/c1-8(2)12-10(7-11(14)15-6)9(3)13(12,4)5/h8,10,12H,3,7H2,1-2,4-6H3/t10-,12+/m1/s1. The molecule has 1 saturated carbocycles. The topological polar surface area (TPSA) is 26.3 Å². The van der Waals surface area contributed by atoms with Crippen molar-refractivity contribution in [2.75, 3.05) is 7.11 Å². The first-order chi connectivity index (χ1) is 6.82. The molecule has 2 heteroatoms. The first-order valence-corrected chi connectivity index (χ1v) is 5.58. The van der Waals surface area contributed by atoms with Gasteiger partial charge in [0, 0.05) is 0 Å². The summed E-state index contributed by atoms with van der Waals surface area (Å²) in [6.45, 7) is 13.0. The Kier molecular flexibility index (Phi) is 3.27. The van der Waals surface area contributed by atoms with Crippen LogP contribution in [0.5, 0.6) is 0 Å². The number of hydrogen-bond acceptors (Lipinski definition) is 2. The Morgan fingerprint density at radius 2 is 2.07 bits per heavy atom. The summed E-state index contributed by atoms with van der Waals surface area (Å²) in [4.78, 5) is 11.3. The molecule has 0 radical (unpaired) electrons. The second-order valence-corrected chi connectivity index (χ2v) is 5.40. The van der Waals surface area contributed by atoms with E-state index in [2.05, 4.69) is 34.3 Å². The molecule has 2 atom stereocenters. The summed E-state index contributed by atoms with van der Waals surface area (Å²) in [6, 6.07) is 0. The van der Waals surface area contributed by atoms with Gasteiger partial charge in [0.1, 0.15) is 0 Å². The summed E-state index contributed by atoms with van der Waals surface area (Å²) < 4.78 is 4.72. The number of allylic oxidation sites excluding steroid dienone is 1. The van der Waals surface area contributed by atoms with Crippen molar-refractivity contribution in [3.8, 4) is 0 Å². The van der Waals surface area contributed by atoms with Crippen LogP contribution in [0.1, 0.15) is 34.1 Å². The Morgan fingerprint density at radius 3 is 2.47 bits per heavy atom. The number of carbonyl (C=O) groups excluding carboxylic acids is 1. The van der Waals surface area contributed by atoms with Crippen LogP contribution < -0.4 is 0 Å². The van der Waals surface area contributed by atoms with Gasteiger partial charge in [0.05, 0.1) is 13.5 Å². The largest absolute Gasteiger partial charge is 0.469 e. The van der Waals surface area contributed by atoms with Crippen LogP contribution in [0, 0.1) is 23.2 Å². The lowest BCUT2D eigenvalue weighted by atomic mass is 9.48. The molecule has 0 heterocycles. The molecule has 0 spiro atoms. The van der Waals surface area contributed by atoms with Crippen molar-refractivity contribution in [2.45, 2.75) is 34.1 Å². The smallest absolute Gasteiger partial charge is 0.306 e. The maximum Gasteiger partial charge on any atom is 0.306 e. The van der Waals surface area contributed by atoms with E-state index >= 15 is 0 Å². The summed E-state index contributed by atoms with van der Waals surface area (Å²) in [5.74, 6) is 1.32. The summed E-state index contributed by atoms with van der Waals surface area (Å²) in [5.41, 5.74) is 1.37. The lowest BCUT2D eigenvalue weighted by Gasteiger charge is -2.56. The average molecular weight is 210 g/mol. The van der Waals surface area contributed by atoms with Crippen LogP contribution >= 0.6 is 0 Å². The van der Waals surface area contributed by atoms with Gasteiger partial charge >= 0.3 is 5.97 Å². The minimum absolute atomic E-state index is 0.123. The highest BCUT2D eigenvalue weighted by Crippen LogP contribution is 2.58. The SMILES string of the molecule is C=C1[C@@H](CC(=O)OC)[C@H](C(C)C)C1(C)C. The predicted octanol–water partition coefficient (Wildman–Crippen LogP) is 3.03. The van der Waals surface area contributed by atoms with Crippen molar-refractivity contribution in [1.29, 1.82) is 0 Å². The van der Waals surface area contributed by atoms with E-state index in [0.29, 0.717) is 24.2 Å². The number of methoxy groups -OCH3 is 1. The molecule has 15 heavy (non-hydrogen) atoms. The fraction of sp³-hybridized carbons (Fsp3) is 0.769. The van der Waals surface area contributed by atoms with Crippen molar-refractivity contribution < 1.29 is 9.53 Å². The molecule has 0 aromatic rings. The molecule has 0 amide bonds. The molecule has 2 nitrogen and oxygen atoms in total. The summed E-state index contributed by atoms with van der Waals surface area (Å²) in [7, 11) is 1.44. The zero-order valence-electron chi connectivity index (χ0n) is 10.5. The Hall–Kier alpha value is -0.790. The zero-order valence-corrected chi connectivity index (χ0v) is 10.5. The van der Waals surface area contributed by atoms with Crippen molar-refractivity contribution >= 4 is 5.97 Å². The molecule has 86 valence electrons. The average Bonchev–Trinajstić information content (AvgIpc) is 2.14. The van der Waals surface area contributed by atoms with E-state index in [4.69, 9.17) is 4.74 Å². The van der Waals surface area contributed by atoms with E-state index in [1.54, 1.807) is 0 Å². The van der Waals surface area contributed by atoms with Crippen LogP contribution in [-0.2, 0) is 9.53 Å². The van der Waals surface area contributed by atoms with Crippen molar-refractivity contribution in [3.63, 3.8) is 0 Å². The van der Waals surface area contributed by atoms with Crippen LogP contribution in [0.3, 0.4) is 0 Å². The minimum Gasteiger partial charge on any atom is -0.469 e. The van der Waals surface area contributed by atoms with Gasteiger partial charge in [0.25, 0.3) is 0 Å². The van der Waals surface area contributed by atoms with Gasteiger partial charge in [0.2, 0.25) is 0 Å². The van der Waals surface area contributed by atoms with E-state index in [1.807, 2.05) is 0 Å². The fourth-order valence-electron chi connectivity index (χ4n) is 3.13. The van der Waals surface area contributed by atoms with E-state index in [-0.39, 0.29) is 11.4 Å². The normalized spacial score (nSPS) is 28.8. The molecule has 0 unspecified atom stereocenters. The monoisotopic (exact) mass is 210 g/mol. The number of hydrogen-bond donors (Lipinski definition) is 0. The molecule has 0 aliphatic heterocycles. The molecule has 0 N–H and O–H groups in total. The number of carbonyl (C=O) groups is 1. The third-order valence-corrected chi connectivity index (χ3v) is 3.87. The molecule has 1 aliphatic rings. The quantitative estimate of drug-likeness (QED) is 0.528. The van der Waals surface area contributed by atoms with Crippen LogP contribution in [0.15, 0.2) is 12.2 Å². The van der Waals surface area contributed by atoms with Crippen LogP contribution in [0.4, 0.5) is 0 Å².